The van der Waals surface area contributed by atoms with Crippen LogP contribution in [0.2, 0.25) is 5.02 Å². The number of nitrogens with one attached hydrogen (secondary N) is 1. The SMILES string of the molecule is Cc1ccc(S(=O)(=O)N(CC(=O)N/N=C\c2cccc3c2OCCO3)c2ccccc2Cl)cc1. The van der Waals surface area contributed by atoms with E-state index < -0.39 is 22.5 Å². The number of aryl methyl sites for hydroxylation is 1. The summed E-state index contributed by atoms with van der Waals surface area (Å²) in [5.74, 6) is 0.482. The molecule has 0 aliphatic carbocycles. The Balaban J connectivity index is 1.56. The molecule has 0 saturated carbocycles. The van der Waals surface area contributed by atoms with Crippen LogP contribution >= 0.6 is 11.6 Å². The van der Waals surface area contributed by atoms with E-state index in [1.165, 1.54) is 24.4 Å². The van der Waals surface area contributed by atoms with Gasteiger partial charge < -0.3 is 9.47 Å². The molecule has 0 saturated heterocycles. The first-order valence-corrected chi connectivity index (χ1v) is 12.2. The lowest BCUT2D eigenvalue weighted by Crippen LogP contribution is -2.39. The molecule has 1 N–H and O–H groups in total. The highest BCUT2D eigenvalue weighted by Crippen LogP contribution is 2.33. The third-order valence-corrected chi connectivity index (χ3v) is 7.10. The maximum Gasteiger partial charge on any atom is 0.264 e. The van der Waals surface area contributed by atoms with E-state index in [2.05, 4.69) is 10.5 Å². The molecule has 3 aromatic carbocycles. The molecule has 1 heterocycles. The molecule has 176 valence electrons. The number of hydrazone groups is 1. The highest BCUT2D eigenvalue weighted by Gasteiger charge is 2.28. The molecule has 0 unspecified atom stereocenters. The second kappa shape index (κ2) is 10.1. The van der Waals surface area contributed by atoms with Crippen molar-refractivity contribution in [3.63, 3.8) is 0 Å². The van der Waals surface area contributed by atoms with Crippen LogP contribution in [0, 0.1) is 6.92 Å². The molecular formula is C24H22ClN3O5S. The van der Waals surface area contributed by atoms with Crippen LogP contribution in [0.1, 0.15) is 11.1 Å². The Hall–Kier alpha value is -3.56. The van der Waals surface area contributed by atoms with Crippen molar-refractivity contribution in [3.05, 3.63) is 82.9 Å². The quantitative estimate of drug-likeness (QED) is 0.394. The lowest BCUT2D eigenvalue weighted by Gasteiger charge is -2.24. The molecule has 8 nitrogen and oxygen atoms in total. The third-order valence-electron chi connectivity index (χ3n) is 5.01. The number of rotatable bonds is 7. The van der Waals surface area contributed by atoms with Crippen LogP contribution in [-0.2, 0) is 14.8 Å². The first-order valence-electron chi connectivity index (χ1n) is 10.4. The lowest BCUT2D eigenvalue weighted by molar-refractivity contribution is -0.119. The molecule has 4 rings (SSSR count). The zero-order chi connectivity index (χ0) is 24.1. The Kier molecular flexibility index (Phi) is 7.04. The molecule has 0 fully saturated rings. The topological polar surface area (TPSA) is 97.3 Å². The number of halogens is 1. The van der Waals surface area contributed by atoms with Gasteiger partial charge in [0.25, 0.3) is 15.9 Å². The fourth-order valence-electron chi connectivity index (χ4n) is 3.33. The average molecular weight is 500 g/mol. The van der Waals surface area contributed by atoms with Crippen molar-refractivity contribution in [2.75, 3.05) is 24.1 Å². The van der Waals surface area contributed by atoms with Crippen molar-refractivity contribution in [2.45, 2.75) is 11.8 Å². The van der Waals surface area contributed by atoms with Crippen molar-refractivity contribution in [3.8, 4) is 11.5 Å². The minimum absolute atomic E-state index is 0.0439. The summed E-state index contributed by atoms with van der Waals surface area (Å²) in [4.78, 5) is 12.8. The van der Waals surface area contributed by atoms with E-state index in [1.807, 2.05) is 6.92 Å². The fourth-order valence-corrected chi connectivity index (χ4v) is 5.06. The van der Waals surface area contributed by atoms with Crippen LogP contribution in [0.4, 0.5) is 5.69 Å². The molecule has 1 aliphatic rings. The van der Waals surface area contributed by atoms with Crippen LogP contribution in [0.5, 0.6) is 11.5 Å². The van der Waals surface area contributed by atoms with E-state index in [9.17, 15) is 13.2 Å². The van der Waals surface area contributed by atoms with Crippen molar-refractivity contribution in [2.24, 2.45) is 5.10 Å². The third kappa shape index (κ3) is 5.16. The van der Waals surface area contributed by atoms with Gasteiger partial charge in [0.1, 0.15) is 19.8 Å². The number of anilines is 1. The van der Waals surface area contributed by atoms with Crippen LogP contribution < -0.4 is 19.2 Å². The number of nitrogens with zero attached hydrogens (tertiary/aromatic N) is 2. The largest absolute Gasteiger partial charge is 0.486 e. The monoisotopic (exact) mass is 499 g/mol. The van der Waals surface area contributed by atoms with Gasteiger partial charge >= 0.3 is 0 Å². The van der Waals surface area contributed by atoms with Gasteiger partial charge in [0.05, 0.1) is 21.8 Å². The molecule has 0 aromatic heterocycles. The first kappa shape index (κ1) is 23.6. The molecule has 34 heavy (non-hydrogen) atoms. The summed E-state index contributed by atoms with van der Waals surface area (Å²) in [6.45, 7) is 2.20. The predicted molar refractivity (Wildman–Crippen MR) is 130 cm³/mol. The predicted octanol–water partition coefficient (Wildman–Crippen LogP) is 3.77. The number of fused-ring (bicyclic) bond motifs is 1. The number of carbonyl (C=O) groups is 1. The van der Waals surface area contributed by atoms with Crippen LogP contribution in [-0.4, -0.2) is 40.3 Å². The minimum Gasteiger partial charge on any atom is -0.486 e. The summed E-state index contributed by atoms with van der Waals surface area (Å²) in [5.41, 5.74) is 4.09. The Morgan fingerprint density at radius 1 is 1.06 bits per heavy atom. The number of benzene rings is 3. The number of para-hydroxylation sites is 2. The highest BCUT2D eigenvalue weighted by molar-refractivity contribution is 7.92. The summed E-state index contributed by atoms with van der Waals surface area (Å²) in [6, 6.07) is 18.1. The van der Waals surface area contributed by atoms with E-state index in [0.29, 0.717) is 30.3 Å². The Morgan fingerprint density at radius 2 is 1.79 bits per heavy atom. The Bertz CT molecular complexity index is 1330. The van der Waals surface area contributed by atoms with Crippen LogP contribution in [0.25, 0.3) is 0 Å². The summed E-state index contributed by atoms with van der Waals surface area (Å²) in [5, 5.41) is 4.17. The molecule has 3 aromatic rings. The molecule has 0 spiro atoms. The van der Waals surface area contributed by atoms with Crippen molar-refractivity contribution < 1.29 is 22.7 Å². The second-order valence-electron chi connectivity index (χ2n) is 7.44. The minimum atomic E-state index is -4.08. The second-order valence-corrected chi connectivity index (χ2v) is 9.71. The van der Waals surface area contributed by atoms with Crippen LogP contribution in [0.3, 0.4) is 0 Å². The van der Waals surface area contributed by atoms with Crippen molar-refractivity contribution in [1.82, 2.24) is 5.43 Å². The van der Waals surface area contributed by atoms with Gasteiger partial charge in [-0.05, 0) is 43.3 Å². The number of amides is 1. The molecule has 0 radical (unpaired) electrons. The number of carbonyl (C=O) groups excluding carboxylic acids is 1. The molecule has 1 aliphatic heterocycles. The number of ether oxygens (including phenoxy) is 2. The number of sulfonamides is 1. The maximum atomic E-state index is 13.4. The van der Waals surface area contributed by atoms with Gasteiger partial charge in [0.2, 0.25) is 0 Å². The molecular weight excluding hydrogens is 478 g/mol. The molecule has 1 amide bonds. The van der Waals surface area contributed by atoms with E-state index in [0.717, 1.165) is 9.87 Å². The van der Waals surface area contributed by atoms with Crippen molar-refractivity contribution >= 4 is 39.4 Å². The van der Waals surface area contributed by atoms with Crippen LogP contribution in [0.15, 0.2) is 76.7 Å². The zero-order valence-corrected chi connectivity index (χ0v) is 19.8. The van der Waals surface area contributed by atoms with Gasteiger partial charge in [-0.3, -0.25) is 9.10 Å². The van der Waals surface area contributed by atoms with Gasteiger partial charge in [-0.1, -0.05) is 47.5 Å². The van der Waals surface area contributed by atoms with Gasteiger partial charge in [0.15, 0.2) is 11.5 Å². The first-order chi connectivity index (χ1) is 16.4. The maximum absolute atomic E-state index is 13.4. The summed E-state index contributed by atoms with van der Waals surface area (Å²) >= 11 is 6.28. The van der Waals surface area contributed by atoms with Gasteiger partial charge in [-0.25, -0.2) is 13.8 Å². The molecule has 10 heteroatoms. The van der Waals surface area contributed by atoms with E-state index in [1.54, 1.807) is 48.5 Å². The van der Waals surface area contributed by atoms with Gasteiger partial charge in [-0.15, -0.1) is 0 Å². The van der Waals surface area contributed by atoms with Gasteiger partial charge in [-0.2, -0.15) is 5.10 Å². The average Bonchev–Trinajstić information content (AvgIpc) is 2.83. The lowest BCUT2D eigenvalue weighted by atomic mass is 10.2. The van der Waals surface area contributed by atoms with Gasteiger partial charge in [0, 0.05) is 5.56 Å². The fraction of sp³-hybridized carbons (Fsp3) is 0.167. The normalized spacial score (nSPS) is 13.0. The van der Waals surface area contributed by atoms with E-state index >= 15 is 0 Å². The van der Waals surface area contributed by atoms with E-state index in [4.69, 9.17) is 21.1 Å². The Morgan fingerprint density at radius 3 is 2.56 bits per heavy atom. The summed E-state index contributed by atoms with van der Waals surface area (Å²) in [6.07, 6.45) is 1.42. The van der Waals surface area contributed by atoms with E-state index in [-0.39, 0.29) is 15.6 Å². The summed E-state index contributed by atoms with van der Waals surface area (Å²) in [7, 11) is -4.08. The zero-order valence-electron chi connectivity index (χ0n) is 18.3. The number of hydrogen-bond donors (Lipinski definition) is 1. The smallest absolute Gasteiger partial charge is 0.264 e. The molecule has 0 bridgehead atoms. The number of hydrogen-bond acceptors (Lipinski definition) is 6. The highest BCUT2D eigenvalue weighted by atomic mass is 35.5. The summed E-state index contributed by atoms with van der Waals surface area (Å²) < 4.78 is 38.9. The van der Waals surface area contributed by atoms with Crippen molar-refractivity contribution in [1.29, 1.82) is 0 Å². The standard InChI is InChI=1S/C24H22ClN3O5S/c1-17-9-11-19(12-10-17)34(30,31)28(21-7-3-2-6-20(21)25)16-23(29)27-26-15-18-5-4-8-22-24(18)33-14-13-32-22/h2-12,15H,13-14,16H2,1H3,(H,27,29)/b26-15-. The molecule has 0 atom stereocenters. The Labute approximate surface area is 202 Å².